The van der Waals surface area contributed by atoms with E-state index in [0.717, 1.165) is 25.2 Å². The van der Waals surface area contributed by atoms with Gasteiger partial charge in [-0.05, 0) is 38.5 Å². The second kappa shape index (κ2) is 3.73. The maximum Gasteiger partial charge on any atom is 0.220 e. The number of amides is 1. The Labute approximate surface area is 97.6 Å². The van der Waals surface area contributed by atoms with Crippen LogP contribution in [0.2, 0.25) is 0 Å². The number of likely N-dealkylation sites (tertiary alicyclic amines) is 1. The highest BCUT2D eigenvalue weighted by atomic mass is 16.1. The third kappa shape index (κ3) is 1.65. The minimum Gasteiger partial charge on any atom is -0.349 e. The highest BCUT2D eigenvalue weighted by Gasteiger charge is 2.47. The van der Waals surface area contributed by atoms with Crippen LogP contribution in [0.15, 0.2) is 0 Å². The Balaban J connectivity index is 1.67. The fraction of sp³-hybridized carbons (Fsp3) is 0.923. The van der Waals surface area contributed by atoms with Crippen LogP contribution in [-0.4, -0.2) is 35.5 Å². The van der Waals surface area contributed by atoms with Crippen molar-refractivity contribution in [3.8, 4) is 0 Å². The molecule has 0 aromatic carbocycles. The maximum atomic E-state index is 11.5. The van der Waals surface area contributed by atoms with Crippen molar-refractivity contribution in [3.05, 3.63) is 0 Å². The van der Waals surface area contributed by atoms with E-state index in [1.807, 2.05) is 0 Å². The Morgan fingerprint density at radius 2 is 2.25 bits per heavy atom. The van der Waals surface area contributed by atoms with E-state index in [1.165, 1.54) is 32.4 Å². The molecule has 1 amide bonds. The minimum atomic E-state index is 0.0685. The third-order valence-electron chi connectivity index (χ3n) is 4.88. The van der Waals surface area contributed by atoms with E-state index in [1.54, 1.807) is 0 Å². The van der Waals surface area contributed by atoms with E-state index in [0.29, 0.717) is 6.04 Å². The fourth-order valence-corrected chi connectivity index (χ4v) is 3.62. The zero-order valence-corrected chi connectivity index (χ0v) is 10.2. The second-order valence-corrected chi connectivity index (χ2v) is 6.06. The summed E-state index contributed by atoms with van der Waals surface area (Å²) in [6.45, 7) is 4.68. The van der Waals surface area contributed by atoms with Crippen molar-refractivity contribution in [2.24, 2.45) is 5.92 Å². The van der Waals surface area contributed by atoms with Gasteiger partial charge in [-0.1, -0.05) is 6.42 Å². The number of carbonyl (C=O) groups is 1. The summed E-state index contributed by atoms with van der Waals surface area (Å²) in [5.41, 5.74) is 0.0685. The molecule has 16 heavy (non-hydrogen) atoms. The van der Waals surface area contributed by atoms with Gasteiger partial charge in [0.2, 0.25) is 5.91 Å². The number of nitrogens with zero attached hydrogens (tertiary/aromatic N) is 1. The molecule has 0 spiro atoms. The molecule has 0 unspecified atom stereocenters. The van der Waals surface area contributed by atoms with E-state index >= 15 is 0 Å². The van der Waals surface area contributed by atoms with Crippen molar-refractivity contribution in [2.75, 3.05) is 13.1 Å². The molecule has 3 nitrogen and oxygen atoms in total. The van der Waals surface area contributed by atoms with Gasteiger partial charge in [-0.2, -0.15) is 0 Å². The summed E-state index contributed by atoms with van der Waals surface area (Å²) >= 11 is 0. The lowest BCUT2D eigenvalue weighted by Gasteiger charge is -2.41. The highest BCUT2D eigenvalue weighted by Crippen LogP contribution is 2.37. The van der Waals surface area contributed by atoms with Crippen LogP contribution in [0.4, 0.5) is 0 Å². The van der Waals surface area contributed by atoms with Crippen molar-refractivity contribution in [3.63, 3.8) is 0 Å². The summed E-state index contributed by atoms with van der Waals surface area (Å²) in [5, 5.41) is 3.21. The van der Waals surface area contributed by atoms with Crippen LogP contribution in [0.25, 0.3) is 0 Å². The van der Waals surface area contributed by atoms with Gasteiger partial charge in [0.25, 0.3) is 0 Å². The number of nitrogens with one attached hydrogen (secondary N) is 1. The molecule has 2 saturated heterocycles. The average molecular weight is 222 g/mol. The Kier molecular flexibility index (Phi) is 2.46. The third-order valence-corrected chi connectivity index (χ3v) is 4.88. The molecular formula is C13H22N2O. The minimum absolute atomic E-state index is 0.0685. The molecule has 0 aromatic rings. The SMILES string of the molecule is C[C@]12CCN(CC3CCC3)[C@H]1CCC(=O)N2. The Morgan fingerprint density at radius 3 is 2.94 bits per heavy atom. The van der Waals surface area contributed by atoms with Crippen molar-refractivity contribution in [1.29, 1.82) is 0 Å². The zero-order chi connectivity index (χ0) is 11.2. The lowest BCUT2D eigenvalue weighted by Crippen LogP contribution is -2.58. The molecule has 0 bridgehead atoms. The number of fused-ring (bicyclic) bond motifs is 1. The summed E-state index contributed by atoms with van der Waals surface area (Å²) in [7, 11) is 0. The summed E-state index contributed by atoms with van der Waals surface area (Å²) in [6.07, 6.45) is 7.20. The van der Waals surface area contributed by atoms with Gasteiger partial charge in [-0.25, -0.2) is 0 Å². The first-order valence-corrected chi connectivity index (χ1v) is 6.72. The molecular weight excluding hydrogens is 200 g/mol. The van der Waals surface area contributed by atoms with Gasteiger partial charge in [-0.15, -0.1) is 0 Å². The summed E-state index contributed by atoms with van der Waals surface area (Å²) in [5.74, 6) is 1.20. The number of rotatable bonds is 2. The molecule has 2 aliphatic heterocycles. The van der Waals surface area contributed by atoms with Crippen LogP contribution in [0.5, 0.6) is 0 Å². The monoisotopic (exact) mass is 222 g/mol. The van der Waals surface area contributed by atoms with E-state index in [-0.39, 0.29) is 11.4 Å². The lowest BCUT2D eigenvalue weighted by molar-refractivity contribution is -0.125. The van der Waals surface area contributed by atoms with Crippen molar-refractivity contribution >= 4 is 5.91 Å². The van der Waals surface area contributed by atoms with Gasteiger partial charge in [0, 0.05) is 25.6 Å². The smallest absolute Gasteiger partial charge is 0.220 e. The predicted octanol–water partition coefficient (Wildman–Crippen LogP) is 1.53. The number of carbonyl (C=O) groups excluding carboxylic acids is 1. The lowest BCUT2D eigenvalue weighted by atomic mass is 9.83. The topological polar surface area (TPSA) is 32.3 Å². The summed E-state index contributed by atoms with van der Waals surface area (Å²) in [4.78, 5) is 14.1. The van der Waals surface area contributed by atoms with Crippen molar-refractivity contribution in [2.45, 2.75) is 57.0 Å². The van der Waals surface area contributed by atoms with Gasteiger partial charge in [0.05, 0.1) is 5.54 Å². The first-order valence-electron chi connectivity index (χ1n) is 6.72. The molecule has 2 heterocycles. The average Bonchev–Trinajstić information content (AvgIpc) is 2.48. The molecule has 3 aliphatic rings. The van der Waals surface area contributed by atoms with Crippen LogP contribution in [0.3, 0.4) is 0 Å². The number of hydrogen-bond acceptors (Lipinski definition) is 2. The van der Waals surface area contributed by atoms with E-state index in [9.17, 15) is 4.79 Å². The maximum absolute atomic E-state index is 11.5. The van der Waals surface area contributed by atoms with Crippen LogP contribution in [0.1, 0.15) is 45.4 Å². The number of piperidine rings is 1. The molecule has 1 aliphatic carbocycles. The van der Waals surface area contributed by atoms with Gasteiger partial charge in [0.1, 0.15) is 0 Å². The van der Waals surface area contributed by atoms with Crippen LogP contribution in [0, 0.1) is 5.92 Å². The molecule has 2 atom stereocenters. The molecule has 0 radical (unpaired) electrons. The summed E-state index contributed by atoms with van der Waals surface area (Å²) < 4.78 is 0. The summed E-state index contributed by atoms with van der Waals surface area (Å²) in [6, 6.07) is 0.603. The Morgan fingerprint density at radius 1 is 1.44 bits per heavy atom. The molecule has 3 rings (SSSR count). The first-order chi connectivity index (χ1) is 7.67. The van der Waals surface area contributed by atoms with Gasteiger partial charge in [0.15, 0.2) is 0 Å². The van der Waals surface area contributed by atoms with Crippen molar-refractivity contribution < 1.29 is 4.79 Å². The number of hydrogen-bond donors (Lipinski definition) is 1. The standard InChI is InChI=1S/C13H22N2O/c1-13-7-8-15(9-10-3-2-4-10)11(13)5-6-12(16)14-13/h10-11H,2-9H2,1H3,(H,14,16)/t11-,13-/m0/s1. The molecule has 3 fully saturated rings. The van der Waals surface area contributed by atoms with E-state index < -0.39 is 0 Å². The van der Waals surface area contributed by atoms with Crippen LogP contribution < -0.4 is 5.32 Å². The molecule has 1 N–H and O–H groups in total. The predicted molar refractivity (Wildman–Crippen MR) is 63.1 cm³/mol. The second-order valence-electron chi connectivity index (χ2n) is 6.06. The van der Waals surface area contributed by atoms with Gasteiger partial charge >= 0.3 is 0 Å². The van der Waals surface area contributed by atoms with Gasteiger partial charge in [-0.3, -0.25) is 9.69 Å². The van der Waals surface area contributed by atoms with Crippen molar-refractivity contribution in [1.82, 2.24) is 10.2 Å². The molecule has 0 aromatic heterocycles. The highest BCUT2D eigenvalue weighted by molar-refractivity contribution is 5.78. The fourth-order valence-electron chi connectivity index (χ4n) is 3.62. The van der Waals surface area contributed by atoms with E-state index in [2.05, 4.69) is 17.1 Å². The molecule has 90 valence electrons. The van der Waals surface area contributed by atoms with Crippen LogP contribution >= 0.6 is 0 Å². The van der Waals surface area contributed by atoms with Gasteiger partial charge < -0.3 is 5.32 Å². The normalized spacial score (nSPS) is 40.3. The molecule has 3 heteroatoms. The quantitative estimate of drug-likeness (QED) is 0.768. The Hall–Kier alpha value is -0.570. The van der Waals surface area contributed by atoms with E-state index in [4.69, 9.17) is 0 Å². The zero-order valence-electron chi connectivity index (χ0n) is 10.2. The Bertz CT molecular complexity index is 300. The first kappa shape index (κ1) is 10.6. The van der Waals surface area contributed by atoms with Crippen LogP contribution in [-0.2, 0) is 4.79 Å². The largest absolute Gasteiger partial charge is 0.349 e. The molecule has 1 saturated carbocycles.